The molecule has 1 heterocycles. The van der Waals surface area contributed by atoms with E-state index in [0.29, 0.717) is 16.8 Å². The molecule has 0 saturated heterocycles. The Bertz CT molecular complexity index is 693. The summed E-state index contributed by atoms with van der Waals surface area (Å²) in [5, 5.41) is 3.65. The van der Waals surface area contributed by atoms with E-state index >= 15 is 0 Å². The van der Waals surface area contributed by atoms with Gasteiger partial charge in [0.15, 0.2) is 0 Å². The molecule has 0 spiro atoms. The molecule has 20 heavy (non-hydrogen) atoms. The summed E-state index contributed by atoms with van der Waals surface area (Å²) < 4.78 is 4.73. The molecule has 0 aliphatic heterocycles. The SMILES string of the molecule is COC(=O)c1cc(NC(=O)C2CC2)c2ncccc2c1. The van der Waals surface area contributed by atoms with E-state index in [4.69, 9.17) is 4.74 Å². The van der Waals surface area contributed by atoms with Gasteiger partial charge in [-0.15, -0.1) is 0 Å². The molecular formula is C15H14N2O3. The van der Waals surface area contributed by atoms with Crippen LogP contribution >= 0.6 is 0 Å². The second-order valence-corrected chi connectivity index (χ2v) is 4.85. The summed E-state index contributed by atoms with van der Waals surface area (Å²) in [6, 6.07) is 6.96. The first kappa shape index (κ1) is 12.6. The summed E-state index contributed by atoms with van der Waals surface area (Å²) in [7, 11) is 1.33. The predicted octanol–water partition coefficient (Wildman–Crippen LogP) is 2.37. The molecular weight excluding hydrogens is 256 g/mol. The van der Waals surface area contributed by atoms with Crippen molar-refractivity contribution < 1.29 is 14.3 Å². The highest BCUT2D eigenvalue weighted by Crippen LogP contribution is 2.31. The molecule has 1 aliphatic carbocycles. The van der Waals surface area contributed by atoms with Crippen molar-refractivity contribution >= 4 is 28.5 Å². The predicted molar refractivity (Wildman–Crippen MR) is 74.4 cm³/mol. The third-order valence-electron chi connectivity index (χ3n) is 3.33. The summed E-state index contributed by atoms with van der Waals surface area (Å²) in [6.07, 6.45) is 3.51. The lowest BCUT2D eigenvalue weighted by Gasteiger charge is -2.10. The van der Waals surface area contributed by atoms with Crippen molar-refractivity contribution in [2.45, 2.75) is 12.8 Å². The number of nitrogens with one attached hydrogen (secondary N) is 1. The van der Waals surface area contributed by atoms with Crippen molar-refractivity contribution in [1.29, 1.82) is 0 Å². The van der Waals surface area contributed by atoms with E-state index in [1.54, 1.807) is 24.4 Å². The molecule has 1 amide bonds. The minimum absolute atomic E-state index is 0.0148. The molecule has 0 unspecified atom stereocenters. The maximum absolute atomic E-state index is 11.9. The van der Waals surface area contributed by atoms with Crippen LogP contribution in [-0.4, -0.2) is 24.0 Å². The lowest BCUT2D eigenvalue weighted by atomic mass is 10.1. The number of aromatic nitrogens is 1. The van der Waals surface area contributed by atoms with Crippen LogP contribution in [0.5, 0.6) is 0 Å². The number of pyridine rings is 1. The summed E-state index contributed by atoms with van der Waals surface area (Å²) in [6.45, 7) is 0. The average molecular weight is 270 g/mol. The largest absolute Gasteiger partial charge is 0.465 e. The van der Waals surface area contributed by atoms with Crippen LogP contribution in [0, 0.1) is 5.92 Å². The van der Waals surface area contributed by atoms with Crippen molar-refractivity contribution in [3.05, 3.63) is 36.0 Å². The van der Waals surface area contributed by atoms with Crippen molar-refractivity contribution in [2.24, 2.45) is 5.92 Å². The Labute approximate surface area is 116 Å². The minimum Gasteiger partial charge on any atom is -0.465 e. The number of benzene rings is 1. The number of carbonyl (C=O) groups excluding carboxylic acids is 2. The van der Waals surface area contributed by atoms with Gasteiger partial charge >= 0.3 is 5.97 Å². The number of nitrogens with zero attached hydrogens (tertiary/aromatic N) is 1. The molecule has 5 nitrogen and oxygen atoms in total. The maximum Gasteiger partial charge on any atom is 0.337 e. The molecule has 1 aliphatic rings. The first-order valence-electron chi connectivity index (χ1n) is 6.47. The zero-order valence-corrected chi connectivity index (χ0v) is 11.1. The molecule has 1 aromatic carbocycles. The van der Waals surface area contributed by atoms with Gasteiger partial charge in [0.05, 0.1) is 23.9 Å². The van der Waals surface area contributed by atoms with E-state index in [-0.39, 0.29) is 11.8 Å². The molecule has 102 valence electrons. The molecule has 0 radical (unpaired) electrons. The van der Waals surface area contributed by atoms with Crippen molar-refractivity contribution in [3.8, 4) is 0 Å². The molecule has 1 aromatic heterocycles. The Morgan fingerprint density at radius 1 is 1.35 bits per heavy atom. The normalized spacial score (nSPS) is 14.1. The van der Waals surface area contributed by atoms with Gasteiger partial charge in [-0.05, 0) is 31.0 Å². The monoisotopic (exact) mass is 270 g/mol. The standard InChI is InChI=1S/C15H14N2O3/c1-20-15(19)11-7-10-3-2-6-16-13(10)12(8-11)17-14(18)9-4-5-9/h2-3,6-9H,4-5H2,1H3,(H,17,18). The summed E-state index contributed by atoms with van der Waals surface area (Å²) in [5.41, 5.74) is 1.63. The van der Waals surface area contributed by atoms with E-state index in [1.807, 2.05) is 6.07 Å². The number of amides is 1. The van der Waals surface area contributed by atoms with Crippen molar-refractivity contribution in [2.75, 3.05) is 12.4 Å². The van der Waals surface area contributed by atoms with Crippen LogP contribution in [0.25, 0.3) is 10.9 Å². The van der Waals surface area contributed by atoms with Gasteiger partial charge in [-0.25, -0.2) is 4.79 Å². The van der Waals surface area contributed by atoms with Gasteiger partial charge in [0.1, 0.15) is 0 Å². The van der Waals surface area contributed by atoms with E-state index in [2.05, 4.69) is 10.3 Å². The fourth-order valence-corrected chi connectivity index (χ4v) is 2.10. The maximum atomic E-state index is 11.9. The Hall–Kier alpha value is -2.43. The van der Waals surface area contributed by atoms with Crippen LogP contribution in [0.3, 0.4) is 0 Å². The van der Waals surface area contributed by atoms with Gasteiger partial charge in [0.2, 0.25) is 5.91 Å². The molecule has 2 aromatic rings. The Kier molecular flexibility index (Phi) is 3.10. The molecule has 0 atom stereocenters. The first-order valence-corrected chi connectivity index (χ1v) is 6.47. The quantitative estimate of drug-likeness (QED) is 0.869. The molecule has 0 bridgehead atoms. The smallest absolute Gasteiger partial charge is 0.337 e. The van der Waals surface area contributed by atoms with Gasteiger partial charge in [-0.2, -0.15) is 0 Å². The zero-order chi connectivity index (χ0) is 14.1. The number of fused-ring (bicyclic) bond motifs is 1. The molecule has 1 saturated carbocycles. The summed E-state index contributed by atoms with van der Waals surface area (Å²) >= 11 is 0. The fourth-order valence-electron chi connectivity index (χ4n) is 2.10. The fraction of sp³-hybridized carbons (Fsp3) is 0.267. The average Bonchev–Trinajstić information content (AvgIpc) is 3.31. The van der Waals surface area contributed by atoms with E-state index < -0.39 is 5.97 Å². The second-order valence-electron chi connectivity index (χ2n) is 4.85. The zero-order valence-electron chi connectivity index (χ0n) is 11.1. The van der Waals surface area contributed by atoms with Gasteiger partial charge < -0.3 is 10.1 Å². The highest BCUT2D eigenvalue weighted by atomic mass is 16.5. The molecule has 5 heteroatoms. The number of esters is 1. The number of hydrogen-bond donors (Lipinski definition) is 1. The van der Waals surface area contributed by atoms with Crippen LogP contribution in [0.4, 0.5) is 5.69 Å². The number of hydrogen-bond acceptors (Lipinski definition) is 4. The number of carbonyl (C=O) groups is 2. The Morgan fingerprint density at radius 3 is 2.85 bits per heavy atom. The van der Waals surface area contributed by atoms with E-state index in [9.17, 15) is 9.59 Å². The van der Waals surface area contributed by atoms with Gasteiger partial charge in [-0.1, -0.05) is 6.07 Å². The lowest BCUT2D eigenvalue weighted by molar-refractivity contribution is -0.117. The third-order valence-corrected chi connectivity index (χ3v) is 3.33. The minimum atomic E-state index is -0.433. The van der Waals surface area contributed by atoms with Crippen molar-refractivity contribution in [1.82, 2.24) is 4.98 Å². The van der Waals surface area contributed by atoms with Gasteiger partial charge in [0, 0.05) is 17.5 Å². The molecule has 1 fully saturated rings. The second kappa shape index (κ2) is 4.92. The number of methoxy groups -OCH3 is 1. The Balaban J connectivity index is 2.06. The van der Waals surface area contributed by atoms with Crippen LogP contribution in [0.15, 0.2) is 30.5 Å². The number of rotatable bonds is 3. The third kappa shape index (κ3) is 2.34. The van der Waals surface area contributed by atoms with Crippen LogP contribution < -0.4 is 5.32 Å². The first-order chi connectivity index (χ1) is 9.69. The van der Waals surface area contributed by atoms with Crippen LogP contribution in [0.1, 0.15) is 23.2 Å². The number of ether oxygens (including phenoxy) is 1. The summed E-state index contributed by atoms with van der Waals surface area (Å²) in [5.74, 6) is -0.354. The van der Waals surface area contributed by atoms with Gasteiger partial charge in [0.25, 0.3) is 0 Å². The molecule has 1 N–H and O–H groups in total. The van der Waals surface area contributed by atoms with Crippen LogP contribution in [-0.2, 0) is 9.53 Å². The van der Waals surface area contributed by atoms with E-state index in [0.717, 1.165) is 18.2 Å². The lowest BCUT2D eigenvalue weighted by Crippen LogP contribution is -2.14. The highest BCUT2D eigenvalue weighted by Gasteiger charge is 2.30. The van der Waals surface area contributed by atoms with Crippen molar-refractivity contribution in [3.63, 3.8) is 0 Å². The summed E-state index contributed by atoms with van der Waals surface area (Å²) in [4.78, 5) is 27.9. The number of anilines is 1. The highest BCUT2D eigenvalue weighted by molar-refractivity contribution is 6.05. The van der Waals surface area contributed by atoms with E-state index in [1.165, 1.54) is 7.11 Å². The molecule has 3 rings (SSSR count). The Morgan fingerprint density at radius 2 is 2.15 bits per heavy atom. The topological polar surface area (TPSA) is 68.3 Å². The van der Waals surface area contributed by atoms with Crippen LogP contribution in [0.2, 0.25) is 0 Å². The van der Waals surface area contributed by atoms with Gasteiger partial charge in [-0.3, -0.25) is 9.78 Å².